The number of furan rings is 1. The third-order valence-corrected chi connectivity index (χ3v) is 7.27. The minimum absolute atomic E-state index is 0.0634. The molecule has 0 saturated heterocycles. The number of hydrogen-bond acceptors (Lipinski definition) is 6. The van der Waals surface area contributed by atoms with Gasteiger partial charge in [-0.05, 0) is 54.8 Å². The molecule has 0 fully saturated rings. The first-order valence-electron chi connectivity index (χ1n) is 10.1. The topological polar surface area (TPSA) is 105 Å². The average Bonchev–Trinajstić information content (AvgIpc) is 3.44. The Hall–Kier alpha value is -3.04. The highest BCUT2D eigenvalue weighted by Gasteiger charge is 2.23. The smallest absolute Gasteiger partial charge is 0.287 e. The summed E-state index contributed by atoms with van der Waals surface area (Å²) >= 11 is 1.68. The molecule has 9 heteroatoms. The fourth-order valence-corrected chi connectivity index (χ4v) is 5.10. The zero-order valence-electron chi connectivity index (χ0n) is 17.4. The molecule has 0 bridgehead atoms. The first-order chi connectivity index (χ1) is 15.5. The van der Waals surface area contributed by atoms with Gasteiger partial charge in [0, 0.05) is 0 Å². The molecular formula is C23H23N3O4S2. The minimum Gasteiger partial charge on any atom is -0.455 e. The van der Waals surface area contributed by atoms with Gasteiger partial charge in [0.2, 0.25) is 0 Å². The highest BCUT2D eigenvalue weighted by atomic mass is 32.2. The molecule has 2 aromatic heterocycles. The summed E-state index contributed by atoms with van der Waals surface area (Å²) in [6.45, 7) is 0. The van der Waals surface area contributed by atoms with E-state index in [9.17, 15) is 13.2 Å². The van der Waals surface area contributed by atoms with Gasteiger partial charge < -0.3 is 14.7 Å². The lowest BCUT2D eigenvalue weighted by Crippen LogP contribution is -2.29. The fraction of sp³-hybridized carbons (Fsp3) is 0.217. The molecule has 0 aliphatic rings. The number of benzene rings is 2. The number of aromatic nitrogens is 2. The van der Waals surface area contributed by atoms with Crippen molar-refractivity contribution < 1.29 is 17.6 Å². The van der Waals surface area contributed by atoms with Gasteiger partial charge >= 0.3 is 0 Å². The number of H-pyrrole nitrogens is 1. The van der Waals surface area contributed by atoms with Crippen LogP contribution in [0, 0.1) is 0 Å². The average molecular weight is 470 g/mol. The van der Waals surface area contributed by atoms with Crippen molar-refractivity contribution in [1.29, 1.82) is 0 Å². The summed E-state index contributed by atoms with van der Waals surface area (Å²) in [5.41, 5.74) is 1.73. The first-order valence-corrected chi connectivity index (χ1v) is 13.1. The Morgan fingerprint density at radius 2 is 1.84 bits per heavy atom. The Morgan fingerprint density at radius 1 is 1.09 bits per heavy atom. The molecule has 1 atom stereocenters. The number of carbonyl (C=O) groups excluding carboxylic acids is 1. The summed E-state index contributed by atoms with van der Waals surface area (Å²) in [5.74, 6) is 1.05. The van der Waals surface area contributed by atoms with Gasteiger partial charge in [-0.15, -0.1) is 0 Å². The van der Waals surface area contributed by atoms with Crippen LogP contribution < -0.4 is 5.32 Å². The van der Waals surface area contributed by atoms with E-state index in [1.807, 2.05) is 30.5 Å². The Labute approximate surface area is 190 Å². The third kappa shape index (κ3) is 5.05. The zero-order valence-corrected chi connectivity index (χ0v) is 19.1. The normalized spacial score (nSPS) is 12.7. The van der Waals surface area contributed by atoms with Gasteiger partial charge in [0.15, 0.2) is 15.6 Å². The Kier molecular flexibility index (Phi) is 6.66. The predicted octanol–water partition coefficient (Wildman–Crippen LogP) is 4.35. The lowest BCUT2D eigenvalue weighted by Gasteiger charge is -2.15. The van der Waals surface area contributed by atoms with Gasteiger partial charge in [-0.2, -0.15) is 11.8 Å². The van der Waals surface area contributed by atoms with E-state index < -0.39 is 15.7 Å². The van der Waals surface area contributed by atoms with E-state index in [4.69, 9.17) is 4.42 Å². The van der Waals surface area contributed by atoms with Crippen LogP contribution in [-0.4, -0.2) is 36.3 Å². The lowest BCUT2D eigenvalue weighted by molar-refractivity contribution is 0.0904. The van der Waals surface area contributed by atoms with E-state index in [2.05, 4.69) is 15.3 Å². The molecule has 4 rings (SSSR count). The van der Waals surface area contributed by atoms with Crippen LogP contribution >= 0.6 is 11.8 Å². The second-order valence-corrected chi connectivity index (χ2v) is 10.3. The van der Waals surface area contributed by atoms with Crippen LogP contribution in [0.2, 0.25) is 0 Å². The summed E-state index contributed by atoms with van der Waals surface area (Å²) < 4.78 is 30.7. The highest BCUT2D eigenvalue weighted by molar-refractivity contribution is 7.98. The molecule has 0 radical (unpaired) electrons. The van der Waals surface area contributed by atoms with E-state index in [0.29, 0.717) is 12.2 Å². The van der Waals surface area contributed by atoms with Gasteiger partial charge in [-0.25, -0.2) is 13.4 Å². The van der Waals surface area contributed by atoms with E-state index in [0.717, 1.165) is 16.8 Å². The van der Waals surface area contributed by atoms with Gasteiger partial charge in [-0.3, -0.25) is 4.79 Å². The largest absolute Gasteiger partial charge is 0.455 e. The SMILES string of the molecule is CSCC[C@@H](NC(=O)c1ccc(CS(=O)(=O)c2ccccc2)o1)c1nc2ccccc2[nH]1. The van der Waals surface area contributed by atoms with E-state index >= 15 is 0 Å². The molecule has 32 heavy (non-hydrogen) atoms. The second kappa shape index (κ2) is 9.62. The standard InChI is InChI=1S/C23H23N3O4S2/c1-31-14-13-20(22-24-18-9-5-6-10-19(18)25-22)26-23(27)21-12-11-16(30-21)15-32(28,29)17-7-3-2-4-8-17/h2-12,20H,13-15H2,1H3,(H,24,25)(H,26,27)/t20-/m1/s1. The Morgan fingerprint density at radius 3 is 2.59 bits per heavy atom. The van der Waals surface area contributed by atoms with Gasteiger partial charge in [0.25, 0.3) is 5.91 Å². The van der Waals surface area contributed by atoms with Crippen molar-refractivity contribution in [2.24, 2.45) is 0 Å². The molecule has 166 valence electrons. The van der Waals surface area contributed by atoms with Crippen LogP contribution in [0.15, 0.2) is 76.0 Å². The van der Waals surface area contributed by atoms with E-state index in [-0.39, 0.29) is 28.2 Å². The molecule has 4 aromatic rings. The van der Waals surface area contributed by atoms with Crippen LogP contribution in [0.1, 0.15) is 34.6 Å². The summed E-state index contributed by atoms with van der Waals surface area (Å²) in [4.78, 5) is 20.9. The fourth-order valence-electron chi connectivity index (χ4n) is 3.36. The van der Waals surface area contributed by atoms with Crippen LogP contribution in [0.5, 0.6) is 0 Å². The van der Waals surface area contributed by atoms with Crippen molar-refractivity contribution in [1.82, 2.24) is 15.3 Å². The van der Waals surface area contributed by atoms with E-state index in [1.54, 1.807) is 30.0 Å². The number of hydrogen-bond donors (Lipinski definition) is 2. The molecule has 7 nitrogen and oxygen atoms in total. The predicted molar refractivity (Wildman–Crippen MR) is 125 cm³/mol. The van der Waals surface area contributed by atoms with Gasteiger partial charge in [0.1, 0.15) is 17.3 Å². The lowest BCUT2D eigenvalue weighted by atomic mass is 10.2. The maximum Gasteiger partial charge on any atom is 0.287 e. The van der Waals surface area contributed by atoms with Crippen LogP contribution in [0.25, 0.3) is 11.0 Å². The van der Waals surface area contributed by atoms with Crippen LogP contribution in [0.3, 0.4) is 0 Å². The molecule has 1 amide bonds. The molecule has 0 spiro atoms. The number of carbonyl (C=O) groups is 1. The van der Waals surface area contributed by atoms with Gasteiger partial charge in [0.05, 0.1) is 22.0 Å². The molecule has 0 aliphatic heterocycles. The third-order valence-electron chi connectivity index (χ3n) is 4.97. The number of thioether (sulfide) groups is 1. The number of para-hydroxylation sites is 2. The Balaban J connectivity index is 1.50. The van der Waals surface area contributed by atoms with E-state index in [1.165, 1.54) is 24.3 Å². The number of nitrogens with zero attached hydrogens (tertiary/aromatic N) is 1. The number of imidazole rings is 1. The maximum absolute atomic E-state index is 12.9. The quantitative estimate of drug-likeness (QED) is 0.377. The van der Waals surface area contributed by atoms with Crippen molar-refractivity contribution in [3.8, 4) is 0 Å². The van der Waals surface area contributed by atoms with Crippen LogP contribution in [-0.2, 0) is 15.6 Å². The number of sulfone groups is 1. The van der Waals surface area contributed by atoms with Crippen molar-refractivity contribution in [3.63, 3.8) is 0 Å². The summed E-state index contributed by atoms with van der Waals surface area (Å²) in [6, 6.07) is 18.5. The molecule has 0 saturated carbocycles. The first kappa shape index (κ1) is 22.2. The summed E-state index contributed by atoms with van der Waals surface area (Å²) in [6.07, 6.45) is 2.69. The van der Waals surface area contributed by atoms with Crippen molar-refractivity contribution in [3.05, 3.63) is 84.1 Å². The number of amides is 1. The van der Waals surface area contributed by atoms with Crippen LogP contribution in [0.4, 0.5) is 0 Å². The van der Waals surface area contributed by atoms with Gasteiger partial charge in [-0.1, -0.05) is 30.3 Å². The van der Waals surface area contributed by atoms with Crippen molar-refractivity contribution >= 4 is 38.5 Å². The summed E-state index contributed by atoms with van der Waals surface area (Å²) in [5, 5.41) is 2.96. The molecule has 2 N–H and O–H groups in total. The molecule has 0 unspecified atom stereocenters. The van der Waals surface area contributed by atoms with Crippen molar-refractivity contribution in [2.45, 2.75) is 23.1 Å². The molecule has 2 aromatic carbocycles. The number of fused-ring (bicyclic) bond motifs is 1. The zero-order chi connectivity index (χ0) is 22.6. The maximum atomic E-state index is 12.9. The second-order valence-electron chi connectivity index (χ2n) is 7.28. The minimum atomic E-state index is -3.56. The molecule has 0 aliphatic carbocycles. The number of aromatic amines is 1. The molecular weight excluding hydrogens is 446 g/mol. The highest BCUT2D eigenvalue weighted by Crippen LogP contribution is 2.22. The van der Waals surface area contributed by atoms with Crippen molar-refractivity contribution in [2.75, 3.05) is 12.0 Å². The molecule has 2 heterocycles. The Bertz CT molecular complexity index is 1280. The summed E-state index contributed by atoms with van der Waals surface area (Å²) in [7, 11) is -3.56. The number of rotatable bonds is 9. The number of nitrogens with one attached hydrogen (secondary N) is 2. The monoisotopic (exact) mass is 469 g/mol.